The molecule has 2 amide bonds. The van der Waals surface area contributed by atoms with Gasteiger partial charge in [0.2, 0.25) is 5.91 Å². The highest BCUT2D eigenvalue weighted by Gasteiger charge is 2.13. The molecule has 27 heavy (non-hydrogen) atoms. The number of carbonyl (C=O) groups is 2. The lowest BCUT2D eigenvalue weighted by Crippen LogP contribution is -2.14. The van der Waals surface area contributed by atoms with E-state index in [4.69, 9.17) is 0 Å². The zero-order valence-corrected chi connectivity index (χ0v) is 15.9. The molecule has 6 heteroatoms. The number of nitrogens with one attached hydrogen (secondary N) is 2. The molecule has 1 heterocycles. The smallest absolute Gasteiger partial charge is 0.275 e. The first-order valence-electron chi connectivity index (χ1n) is 8.83. The summed E-state index contributed by atoms with van der Waals surface area (Å²) < 4.78 is 0. The van der Waals surface area contributed by atoms with Crippen LogP contribution in [0.25, 0.3) is 0 Å². The van der Waals surface area contributed by atoms with E-state index in [0.717, 1.165) is 17.7 Å². The second-order valence-electron chi connectivity index (χ2n) is 6.08. The van der Waals surface area contributed by atoms with Crippen LogP contribution in [-0.2, 0) is 17.6 Å². The van der Waals surface area contributed by atoms with Gasteiger partial charge in [-0.2, -0.15) is 0 Å². The normalized spacial score (nSPS) is 10.4. The lowest BCUT2D eigenvalue weighted by molar-refractivity contribution is -0.116. The van der Waals surface area contributed by atoms with E-state index >= 15 is 0 Å². The second-order valence-corrected chi connectivity index (χ2v) is 6.93. The van der Waals surface area contributed by atoms with Crippen molar-refractivity contribution in [3.05, 3.63) is 76.8 Å². The molecule has 0 atom stereocenters. The fourth-order valence-electron chi connectivity index (χ4n) is 2.54. The van der Waals surface area contributed by atoms with E-state index < -0.39 is 0 Å². The monoisotopic (exact) mass is 379 g/mol. The molecule has 0 radical (unpaired) electrons. The van der Waals surface area contributed by atoms with Crippen LogP contribution in [-0.4, -0.2) is 16.8 Å². The van der Waals surface area contributed by atoms with E-state index in [1.165, 1.54) is 16.9 Å². The maximum Gasteiger partial charge on any atom is 0.275 e. The summed E-state index contributed by atoms with van der Waals surface area (Å²) in [6.07, 6.45) is 1.99. The highest BCUT2D eigenvalue weighted by atomic mass is 32.1. The van der Waals surface area contributed by atoms with Crippen LogP contribution in [0.5, 0.6) is 0 Å². The van der Waals surface area contributed by atoms with Crippen LogP contribution >= 0.6 is 11.3 Å². The molecule has 0 aliphatic heterocycles. The molecular formula is C21H21N3O2S. The predicted octanol–water partition coefficient (Wildman–Crippen LogP) is 4.53. The van der Waals surface area contributed by atoms with Gasteiger partial charge in [-0.3, -0.25) is 9.59 Å². The van der Waals surface area contributed by atoms with E-state index in [1.54, 1.807) is 5.38 Å². The lowest BCUT2D eigenvalue weighted by atomic mass is 10.1. The number of hydrogen-bond acceptors (Lipinski definition) is 4. The first kappa shape index (κ1) is 18.8. The molecule has 0 aliphatic carbocycles. The Labute approximate surface area is 162 Å². The third-order valence-corrected chi connectivity index (χ3v) is 4.84. The Balaban J connectivity index is 1.52. The molecule has 0 fully saturated rings. The Morgan fingerprint density at radius 2 is 1.70 bits per heavy atom. The van der Waals surface area contributed by atoms with Crippen LogP contribution in [0, 0.1) is 0 Å². The Morgan fingerprint density at radius 1 is 0.963 bits per heavy atom. The Bertz CT molecular complexity index is 905. The Morgan fingerprint density at radius 3 is 2.41 bits per heavy atom. The van der Waals surface area contributed by atoms with Crippen molar-refractivity contribution in [2.24, 2.45) is 0 Å². The summed E-state index contributed by atoms with van der Waals surface area (Å²) in [5, 5.41) is 7.64. The molecule has 0 bridgehead atoms. The molecule has 2 aromatic carbocycles. The third-order valence-electron chi connectivity index (χ3n) is 4.09. The molecule has 5 nitrogen and oxygen atoms in total. The van der Waals surface area contributed by atoms with Crippen molar-refractivity contribution in [3.63, 3.8) is 0 Å². The number of aryl methyl sites for hydroxylation is 2. The van der Waals surface area contributed by atoms with Crippen molar-refractivity contribution in [3.8, 4) is 0 Å². The van der Waals surface area contributed by atoms with Gasteiger partial charge in [0.25, 0.3) is 5.91 Å². The van der Waals surface area contributed by atoms with Gasteiger partial charge in [-0.15, -0.1) is 11.3 Å². The standard InChI is InChI=1S/C21H21N3O2S/c1-2-15-8-11-17(12-9-15)22-20(26)18-14-27-21(23-18)24-19(25)13-10-16-6-4-3-5-7-16/h3-9,11-12,14H,2,10,13H2,1H3,(H,22,26)(H,23,24,25). The van der Waals surface area contributed by atoms with Crippen molar-refractivity contribution < 1.29 is 9.59 Å². The molecule has 0 unspecified atom stereocenters. The molecule has 0 saturated carbocycles. The number of aromatic nitrogens is 1. The molecule has 138 valence electrons. The van der Waals surface area contributed by atoms with Gasteiger partial charge < -0.3 is 10.6 Å². The van der Waals surface area contributed by atoms with Crippen molar-refractivity contribution in [1.29, 1.82) is 0 Å². The average Bonchev–Trinajstić information content (AvgIpc) is 3.16. The summed E-state index contributed by atoms with van der Waals surface area (Å²) in [5.74, 6) is -0.407. The van der Waals surface area contributed by atoms with E-state index in [9.17, 15) is 9.59 Å². The maximum atomic E-state index is 12.3. The fraction of sp³-hybridized carbons (Fsp3) is 0.190. The van der Waals surface area contributed by atoms with Gasteiger partial charge in [0, 0.05) is 17.5 Å². The van der Waals surface area contributed by atoms with Crippen molar-refractivity contribution in [2.45, 2.75) is 26.2 Å². The largest absolute Gasteiger partial charge is 0.321 e. The van der Waals surface area contributed by atoms with Crippen LogP contribution in [0.3, 0.4) is 0 Å². The first-order chi connectivity index (χ1) is 13.1. The molecule has 0 aliphatic rings. The SMILES string of the molecule is CCc1ccc(NC(=O)c2csc(NC(=O)CCc3ccccc3)n2)cc1. The predicted molar refractivity (Wildman–Crippen MR) is 109 cm³/mol. The molecule has 0 saturated heterocycles. The fourth-order valence-corrected chi connectivity index (χ4v) is 3.25. The summed E-state index contributed by atoms with van der Waals surface area (Å²) in [6, 6.07) is 17.5. The maximum absolute atomic E-state index is 12.3. The average molecular weight is 379 g/mol. The molecule has 3 aromatic rings. The van der Waals surface area contributed by atoms with Gasteiger partial charge in [-0.25, -0.2) is 4.98 Å². The number of hydrogen-bond donors (Lipinski definition) is 2. The van der Waals surface area contributed by atoms with Gasteiger partial charge in [0.05, 0.1) is 0 Å². The van der Waals surface area contributed by atoms with E-state index in [2.05, 4.69) is 22.5 Å². The van der Waals surface area contributed by atoms with Crippen LogP contribution in [0.15, 0.2) is 60.0 Å². The van der Waals surface area contributed by atoms with E-state index in [-0.39, 0.29) is 17.5 Å². The number of thiazole rings is 1. The highest BCUT2D eigenvalue weighted by Crippen LogP contribution is 2.18. The summed E-state index contributed by atoms with van der Waals surface area (Å²) in [7, 11) is 0. The summed E-state index contributed by atoms with van der Waals surface area (Å²) in [4.78, 5) is 28.6. The number of carbonyl (C=O) groups excluding carboxylic acids is 2. The van der Waals surface area contributed by atoms with Crippen LogP contribution < -0.4 is 10.6 Å². The number of benzene rings is 2. The molecule has 2 N–H and O–H groups in total. The minimum Gasteiger partial charge on any atom is -0.321 e. The van der Waals surface area contributed by atoms with Gasteiger partial charge in [0.1, 0.15) is 5.69 Å². The zero-order chi connectivity index (χ0) is 19.1. The van der Waals surface area contributed by atoms with E-state index in [1.807, 2.05) is 54.6 Å². The van der Waals surface area contributed by atoms with Crippen molar-refractivity contribution >= 4 is 34.0 Å². The zero-order valence-electron chi connectivity index (χ0n) is 15.1. The van der Waals surface area contributed by atoms with Gasteiger partial charge in [-0.1, -0.05) is 49.4 Å². The first-order valence-corrected chi connectivity index (χ1v) is 9.71. The van der Waals surface area contributed by atoms with Crippen LogP contribution in [0.2, 0.25) is 0 Å². The minimum atomic E-state index is -0.291. The van der Waals surface area contributed by atoms with Crippen molar-refractivity contribution in [2.75, 3.05) is 10.6 Å². The number of rotatable bonds is 7. The molecule has 1 aromatic heterocycles. The van der Waals surface area contributed by atoms with E-state index in [0.29, 0.717) is 18.0 Å². The second kappa shape index (κ2) is 9.09. The van der Waals surface area contributed by atoms with Gasteiger partial charge in [0.15, 0.2) is 5.13 Å². The quantitative estimate of drug-likeness (QED) is 0.634. The number of amides is 2. The molecule has 0 spiro atoms. The summed E-state index contributed by atoms with van der Waals surface area (Å²) in [5.41, 5.74) is 3.33. The highest BCUT2D eigenvalue weighted by molar-refractivity contribution is 7.14. The van der Waals surface area contributed by atoms with Crippen molar-refractivity contribution in [1.82, 2.24) is 4.98 Å². The van der Waals surface area contributed by atoms with Crippen LogP contribution in [0.1, 0.15) is 35.0 Å². The van der Waals surface area contributed by atoms with Gasteiger partial charge in [-0.05, 0) is 36.1 Å². The summed E-state index contributed by atoms with van der Waals surface area (Å²) in [6.45, 7) is 2.08. The summed E-state index contributed by atoms with van der Waals surface area (Å²) >= 11 is 1.24. The number of nitrogens with zero attached hydrogens (tertiary/aromatic N) is 1. The molecular weight excluding hydrogens is 358 g/mol. The third kappa shape index (κ3) is 5.49. The topological polar surface area (TPSA) is 71.1 Å². The minimum absolute atomic E-state index is 0.115. The Kier molecular flexibility index (Phi) is 6.33. The van der Waals surface area contributed by atoms with Crippen LogP contribution in [0.4, 0.5) is 10.8 Å². The Hall–Kier alpha value is -2.99. The van der Waals surface area contributed by atoms with Gasteiger partial charge >= 0.3 is 0 Å². The lowest BCUT2D eigenvalue weighted by Gasteiger charge is -2.04. The number of anilines is 2. The molecule has 3 rings (SSSR count).